The number of unbranched alkanes of at least 4 members (excludes halogenated alkanes) is 8. The van der Waals surface area contributed by atoms with Crippen LogP contribution in [0.5, 0.6) is 0 Å². The monoisotopic (exact) mass is 436 g/mol. The summed E-state index contributed by atoms with van der Waals surface area (Å²) in [6, 6.07) is 0. The van der Waals surface area contributed by atoms with Crippen molar-refractivity contribution in [1.29, 1.82) is 0 Å². The Hall–Kier alpha value is -1.32. The number of carbonyl (C=O) groups is 2. The second kappa shape index (κ2) is 15.5. The quantitative estimate of drug-likeness (QED) is 0.144. The Morgan fingerprint density at radius 3 is 2.10 bits per heavy atom. The summed E-state index contributed by atoms with van der Waals surface area (Å²) in [5.74, 6) is -1.23. The van der Waals surface area contributed by atoms with Crippen LogP contribution in [0.25, 0.3) is 0 Å². The van der Waals surface area contributed by atoms with E-state index < -0.39 is 17.3 Å². The maximum Gasteiger partial charge on any atom is 0.316 e. The van der Waals surface area contributed by atoms with E-state index in [1.54, 1.807) is 13.0 Å². The summed E-state index contributed by atoms with van der Waals surface area (Å²) in [6.07, 6.45) is 19.9. The van der Waals surface area contributed by atoms with Crippen LogP contribution in [-0.4, -0.2) is 23.1 Å². The Morgan fingerprint density at radius 1 is 0.968 bits per heavy atom. The van der Waals surface area contributed by atoms with Gasteiger partial charge in [0.2, 0.25) is 0 Å². The average Bonchev–Trinajstić information content (AvgIpc) is 2.72. The predicted molar refractivity (Wildman–Crippen MR) is 128 cm³/mol. The van der Waals surface area contributed by atoms with Crippen molar-refractivity contribution >= 4 is 11.9 Å². The molecule has 1 aliphatic rings. The summed E-state index contributed by atoms with van der Waals surface area (Å²) in [7, 11) is 0. The molecule has 0 spiro atoms. The standard InChI is InChI=1S/C27H48O4/c1-5-6-7-8-9-10-13-18-23(19-14-11-12-17-22(2)3)31-26(30)27(4)21-16-15-20-24(27)25(28)29/h16,21-24H,5-15,17-20H2,1-4H3,(H,28,29). The topological polar surface area (TPSA) is 63.6 Å². The van der Waals surface area contributed by atoms with Gasteiger partial charge < -0.3 is 9.84 Å². The summed E-state index contributed by atoms with van der Waals surface area (Å²) in [5.41, 5.74) is -1.06. The first-order chi connectivity index (χ1) is 14.8. The number of hydrogen-bond donors (Lipinski definition) is 1. The molecule has 0 radical (unpaired) electrons. The number of rotatable bonds is 17. The third-order valence-electron chi connectivity index (χ3n) is 6.76. The van der Waals surface area contributed by atoms with Gasteiger partial charge in [0.1, 0.15) is 6.10 Å². The lowest BCUT2D eigenvalue weighted by molar-refractivity contribution is -0.168. The molecule has 31 heavy (non-hydrogen) atoms. The molecule has 3 atom stereocenters. The first-order valence-electron chi connectivity index (χ1n) is 12.9. The number of ether oxygens (including phenoxy) is 1. The molecule has 0 aromatic carbocycles. The molecule has 0 aliphatic heterocycles. The fraction of sp³-hybridized carbons (Fsp3) is 0.852. The fourth-order valence-corrected chi connectivity index (χ4v) is 4.57. The van der Waals surface area contributed by atoms with Gasteiger partial charge in [0, 0.05) is 0 Å². The predicted octanol–water partition coefficient (Wildman–Crippen LogP) is 7.70. The highest BCUT2D eigenvalue weighted by atomic mass is 16.5. The molecular formula is C27H48O4. The number of esters is 1. The number of allylic oxidation sites excluding steroid dienone is 1. The Balaban J connectivity index is 2.59. The molecule has 3 unspecified atom stereocenters. The van der Waals surface area contributed by atoms with Gasteiger partial charge in [-0.2, -0.15) is 0 Å². The van der Waals surface area contributed by atoms with Gasteiger partial charge in [0.15, 0.2) is 0 Å². The number of carboxylic acid groups (broad SMARTS) is 1. The highest BCUT2D eigenvalue weighted by Gasteiger charge is 2.46. The summed E-state index contributed by atoms with van der Waals surface area (Å²) in [5, 5.41) is 9.62. The minimum Gasteiger partial charge on any atom is -0.481 e. The zero-order valence-electron chi connectivity index (χ0n) is 20.7. The molecule has 180 valence electrons. The maximum absolute atomic E-state index is 13.1. The van der Waals surface area contributed by atoms with E-state index in [9.17, 15) is 14.7 Å². The third kappa shape index (κ3) is 10.7. The molecule has 4 nitrogen and oxygen atoms in total. The first kappa shape index (κ1) is 27.7. The zero-order chi connectivity index (χ0) is 23.1. The third-order valence-corrected chi connectivity index (χ3v) is 6.76. The van der Waals surface area contributed by atoms with Gasteiger partial charge in [0.25, 0.3) is 0 Å². The summed E-state index contributed by atoms with van der Waals surface area (Å²) < 4.78 is 5.99. The molecule has 0 fully saturated rings. The SMILES string of the molecule is CCCCCCCCCC(CCCCCC(C)C)OC(=O)C1(C)C=CCCC1C(=O)O. The van der Waals surface area contributed by atoms with Crippen LogP contribution < -0.4 is 0 Å². The number of carbonyl (C=O) groups excluding carboxylic acids is 1. The Labute approximate surface area is 191 Å². The van der Waals surface area contributed by atoms with Crippen molar-refractivity contribution in [3.8, 4) is 0 Å². The molecule has 1 N–H and O–H groups in total. The van der Waals surface area contributed by atoms with E-state index in [1.807, 2.05) is 6.08 Å². The molecule has 0 aromatic rings. The van der Waals surface area contributed by atoms with Crippen molar-refractivity contribution in [2.45, 2.75) is 130 Å². The van der Waals surface area contributed by atoms with Crippen LogP contribution in [0.1, 0.15) is 124 Å². The Kier molecular flexibility index (Phi) is 13.8. The van der Waals surface area contributed by atoms with Crippen molar-refractivity contribution in [2.24, 2.45) is 17.3 Å². The smallest absolute Gasteiger partial charge is 0.316 e. The normalized spacial score (nSPS) is 21.9. The van der Waals surface area contributed by atoms with Gasteiger partial charge in [-0.3, -0.25) is 9.59 Å². The van der Waals surface area contributed by atoms with Crippen LogP contribution in [0.3, 0.4) is 0 Å². The zero-order valence-corrected chi connectivity index (χ0v) is 20.7. The minimum atomic E-state index is -1.06. The van der Waals surface area contributed by atoms with Gasteiger partial charge in [-0.05, 0) is 51.4 Å². The molecule has 0 heterocycles. The Bertz CT molecular complexity index is 539. The van der Waals surface area contributed by atoms with Gasteiger partial charge in [-0.25, -0.2) is 0 Å². The van der Waals surface area contributed by atoms with Crippen LogP contribution in [0.15, 0.2) is 12.2 Å². The largest absolute Gasteiger partial charge is 0.481 e. The molecular weight excluding hydrogens is 388 g/mol. The van der Waals surface area contributed by atoms with Crippen molar-refractivity contribution in [3.63, 3.8) is 0 Å². The highest BCUT2D eigenvalue weighted by molar-refractivity contribution is 5.86. The molecule has 1 rings (SSSR count). The second-order valence-electron chi connectivity index (χ2n) is 10.1. The second-order valence-corrected chi connectivity index (χ2v) is 10.1. The molecule has 0 bridgehead atoms. The van der Waals surface area contributed by atoms with E-state index in [-0.39, 0.29) is 12.1 Å². The first-order valence-corrected chi connectivity index (χ1v) is 12.9. The lowest BCUT2D eigenvalue weighted by atomic mass is 9.71. The van der Waals surface area contributed by atoms with Gasteiger partial charge in [0.05, 0.1) is 11.3 Å². The molecule has 1 aliphatic carbocycles. The molecule has 0 amide bonds. The van der Waals surface area contributed by atoms with E-state index in [0.29, 0.717) is 12.8 Å². The lowest BCUT2D eigenvalue weighted by Gasteiger charge is -2.34. The van der Waals surface area contributed by atoms with Crippen LogP contribution in [0.2, 0.25) is 0 Å². The van der Waals surface area contributed by atoms with Crippen molar-refractivity contribution in [3.05, 3.63) is 12.2 Å². The highest BCUT2D eigenvalue weighted by Crippen LogP contribution is 2.38. The van der Waals surface area contributed by atoms with Crippen LogP contribution >= 0.6 is 0 Å². The number of carboxylic acids is 1. The van der Waals surface area contributed by atoms with E-state index >= 15 is 0 Å². The molecule has 0 saturated heterocycles. The summed E-state index contributed by atoms with van der Waals surface area (Å²) in [6.45, 7) is 8.47. The maximum atomic E-state index is 13.1. The van der Waals surface area contributed by atoms with Gasteiger partial charge >= 0.3 is 11.9 Å². The van der Waals surface area contributed by atoms with E-state index in [4.69, 9.17) is 4.74 Å². The van der Waals surface area contributed by atoms with Gasteiger partial charge in [-0.1, -0.05) is 90.7 Å². The van der Waals surface area contributed by atoms with E-state index in [0.717, 1.165) is 38.0 Å². The van der Waals surface area contributed by atoms with E-state index in [2.05, 4.69) is 20.8 Å². The molecule has 4 heteroatoms. The Morgan fingerprint density at radius 2 is 1.52 bits per heavy atom. The molecule has 0 saturated carbocycles. The fourth-order valence-electron chi connectivity index (χ4n) is 4.57. The van der Waals surface area contributed by atoms with Crippen molar-refractivity contribution in [2.75, 3.05) is 0 Å². The molecule has 0 aromatic heterocycles. The van der Waals surface area contributed by atoms with Crippen LogP contribution in [-0.2, 0) is 14.3 Å². The average molecular weight is 437 g/mol. The van der Waals surface area contributed by atoms with Crippen molar-refractivity contribution < 1.29 is 19.4 Å². The van der Waals surface area contributed by atoms with Crippen molar-refractivity contribution in [1.82, 2.24) is 0 Å². The van der Waals surface area contributed by atoms with Crippen LogP contribution in [0.4, 0.5) is 0 Å². The van der Waals surface area contributed by atoms with Crippen LogP contribution in [0, 0.1) is 17.3 Å². The summed E-state index contributed by atoms with van der Waals surface area (Å²) in [4.78, 5) is 24.8. The summed E-state index contributed by atoms with van der Waals surface area (Å²) >= 11 is 0. The van der Waals surface area contributed by atoms with E-state index in [1.165, 1.54) is 51.4 Å². The van der Waals surface area contributed by atoms with Gasteiger partial charge in [-0.15, -0.1) is 0 Å². The number of hydrogen-bond acceptors (Lipinski definition) is 3. The minimum absolute atomic E-state index is 0.0937. The lowest BCUT2D eigenvalue weighted by Crippen LogP contribution is -2.42. The number of aliphatic carboxylic acids is 1.